The van der Waals surface area contributed by atoms with Crippen LogP contribution in [0, 0.1) is 0 Å². The fourth-order valence-electron chi connectivity index (χ4n) is 2.46. The number of carbonyl (C=O) groups excluding carboxylic acids is 1. The minimum Gasteiger partial charge on any atom is -0.480 e. The molecule has 1 heterocycles. The molecule has 0 radical (unpaired) electrons. The number of amides is 1. The Labute approximate surface area is 139 Å². The summed E-state index contributed by atoms with van der Waals surface area (Å²) < 4.78 is 25.4. The minimum atomic E-state index is -3.72. The van der Waals surface area contributed by atoms with Gasteiger partial charge in [-0.1, -0.05) is 11.6 Å². The lowest BCUT2D eigenvalue weighted by Crippen LogP contribution is -2.40. The molecular weight excluding hydrogens is 344 g/mol. The Bertz CT molecular complexity index is 748. The smallest absolute Gasteiger partial charge is 0.326 e. The zero-order valence-electron chi connectivity index (χ0n) is 12.7. The minimum absolute atomic E-state index is 0.0114. The van der Waals surface area contributed by atoms with E-state index in [4.69, 9.17) is 11.6 Å². The molecule has 126 valence electrons. The van der Waals surface area contributed by atoms with Crippen LogP contribution in [0.4, 0.5) is 0 Å². The lowest BCUT2D eigenvalue weighted by molar-refractivity contribution is -0.141. The Morgan fingerprint density at radius 2 is 2.00 bits per heavy atom. The number of halogens is 1. The van der Waals surface area contributed by atoms with Crippen LogP contribution in [0.1, 0.15) is 23.2 Å². The van der Waals surface area contributed by atoms with Crippen LogP contribution in [0.2, 0.25) is 5.02 Å². The van der Waals surface area contributed by atoms with E-state index in [1.165, 1.54) is 37.2 Å². The summed E-state index contributed by atoms with van der Waals surface area (Å²) in [6, 6.07) is 2.93. The SMILES string of the molecule is CN(C)S(=O)(=O)c1ccc(Cl)c(C(=O)N2CCCC2C(=O)O)c1. The first-order valence-electron chi connectivity index (χ1n) is 6.92. The van der Waals surface area contributed by atoms with Gasteiger partial charge in [0, 0.05) is 20.6 Å². The highest BCUT2D eigenvalue weighted by Crippen LogP contribution is 2.27. The monoisotopic (exact) mass is 360 g/mol. The van der Waals surface area contributed by atoms with Crippen LogP contribution < -0.4 is 0 Å². The molecule has 1 aromatic carbocycles. The van der Waals surface area contributed by atoms with Crippen molar-refractivity contribution in [2.75, 3.05) is 20.6 Å². The van der Waals surface area contributed by atoms with E-state index in [9.17, 15) is 23.1 Å². The summed E-state index contributed by atoms with van der Waals surface area (Å²) in [5, 5.41) is 9.26. The average Bonchev–Trinajstić information content (AvgIpc) is 2.96. The number of sulfonamides is 1. The Hall–Kier alpha value is -1.64. The fourth-order valence-corrected chi connectivity index (χ4v) is 3.59. The molecule has 1 aliphatic rings. The quantitative estimate of drug-likeness (QED) is 0.872. The van der Waals surface area contributed by atoms with Gasteiger partial charge in [0.25, 0.3) is 5.91 Å². The molecule has 0 bridgehead atoms. The van der Waals surface area contributed by atoms with Gasteiger partial charge < -0.3 is 10.0 Å². The first-order valence-corrected chi connectivity index (χ1v) is 8.74. The molecule has 9 heteroatoms. The van der Waals surface area contributed by atoms with Gasteiger partial charge in [-0.3, -0.25) is 4.79 Å². The van der Waals surface area contributed by atoms with Gasteiger partial charge in [-0.05, 0) is 31.0 Å². The van der Waals surface area contributed by atoms with Crippen molar-refractivity contribution in [3.8, 4) is 0 Å². The lowest BCUT2D eigenvalue weighted by atomic mass is 10.1. The number of aliphatic carboxylic acids is 1. The van der Waals surface area contributed by atoms with Crippen molar-refractivity contribution in [2.45, 2.75) is 23.8 Å². The summed E-state index contributed by atoms with van der Waals surface area (Å²) >= 11 is 6.02. The second kappa shape index (κ2) is 6.46. The summed E-state index contributed by atoms with van der Waals surface area (Å²) in [5.41, 5.74) is -0.0114. The standard InChI is InChI=1S/C14H17ClN2O5S/c1-16(2)23(21,22)9-5-6-11(15)10(8-9)13(18)17-7-3-4-12(17)14(19)20/h5-6,8,12H,3-4,7H2,1-2H3,(H,19,20). The third-order valence-electron chi connectivity index (χ3n) is 3.75. The van der Waals surface area contributed by atoms with Crippen LogP contribution >= 0.6 is 11.6 Å². The maximum absolute atomic E-state index is 12.6. The summed E-state index contributed by atoms with van der Waals surface area (Å²) in [6.07, 6.45) is 0.949. The molecule has 1 unspecified atom stereocenters. The predicted molar refractivity (Wildman–Crippen MR) is 84.0 cm³/mol. The van der Waals surface area contributed by atoms with E-state index < -0.39 is 27.9 Å². The largest absolute Gasteiger partial charge is 0.480 e. The van der Waals surface area contributed by atoms with E-state index in [1.807, 2.05) is 0 Å². The van der Waals surface area contributed by atoms with Crippen molar-refractivity contribution in [2.24, 2.45) is 0 Å². The van der Waals surface area contributed by atoms with Crippen molar-refractivity contribution in [3.63, 3.8) is 0 Å². The maximum atomic E-state index is 12.6. The van der Waals surface area contributed by atoms with Gasteiger partial charge in [0.15, 0.2) is 0 Å². The number of likely N-dealkylation sites (tertiary alicyclic amines) is 1. The molecule has 1 atom stereocenters. The van der Waals surface area contributed by atoms with E-state index in [0.717, 1.165) is 4.31 Å². The van der Waals surface area contributed by atoms with E-state index in [1.54, 1.807) is 0 Å². The average molecular weight is 361 g/mol. The van der Waals surface area contributed by atoms with Gasteiger partial charge in [0.1, 0.15) is 6.04 Å². The van der Waals surface area contributed by atoms with E-state index in [0.29, 0.717) is 19.4 Å². The van der Waals surface area contributed by atoms with E-state index in [-0.39, 0.29) is 15.5 Å². The summed E-state index contributed by atoms with van der Waals surface area (Å²) in [4.78, 5) is 25.0. The van der Waals surface area contributed by atoms with Crippen molar-refractivity contribution in [3.05, 3.63) is 28.8 Å². The summed E-state index contributed by atoms with van der Waals surface area (Å²) in [6.45, 7) is 0.302. The molecule has 0 aromatic heterocycles. The first kappa shape index (κ1) is 17.7. The third kappa shape index (κ3) is 3.34. The molecule has 0 aliphatic carbocycles. The topological polar surface area (TPSA) is 95.0 Å². The van der Waals surface area contributed by atoms with E-state index in [2.05, 4.69) is 0 Å². The number of rotatable bonds is 4. The number of benzene rings is 1. The van der Waals surface area contributed by atoms with Crippen molar-refractivity contribution in [1.82, 2.24) is 9.21 Å². The third-order valence-corrected chi connectivity index (χ3v) is 5.89. The molecule has 1 fully saturated rings. The normalized spacial score (nSPS) is 18.4. The molecular formula is C14H17ClN2O5S. The van der Waals surface area contributed by atoms with Gasteiger partial charge in [-0.15, -0.1) is 0 Å². The van der Waals surface area contributed by atoms with Gasteiger partial charge in [-0.2, -0.15) is 0 Å². The highest BCUT2D eigenvalue weighted by Gasteiger charge is 2.35. The summed E-state index contributed by atoms with van der Waals surface area (Å²) in [5.74, 6) is -1.65. The van der Waals surface area contributed by atoms with Crippen LogP contribution in [0.3, 0.4) is 0 Å². The zero-order valence-corrected chi connectivity index (χ0v) is 14.3. The number of carboxylic acids is 1. The number of nitrogens with zero attached hydrogens (tertiary/aromatic N) is 2. The van der Waals surface area contributed by atoms with Crippen LogP contribution in [-0.4, -0.2) is 61.3 Å². The van der Waals surface area contributed by atoms with E-state index >= 15 is 0 Å². The number of carbonyl (C=O) groups is 2. The molecule has 1 amide bonds. The van der Waals surface area contributed by atoms with Gasteiger partial charge in [-0.25, -0.2) is 17.5 Å². The van der Waals surface area contributed by atoms with Gasteiger partial charge in [0.2, 0.25) is 10.0 Å². The Balaban J connectivity index is 2.43. The Kier molecular flexibility index (Phi) is 4.98. The van der Waals surface area contributed by atoms with Crippen molar-refractivity contribution < 1.29 is 23.1 Å². The maximum Gasteiger partial charge on any atom is 0.326 e. The predicted octanol–water partition coefficient (Wildman–Crippen LogP) is 1.28. The highest BCUT2D eigenvalue weighted by atomic mass is 35.5. The molecule has 0 spiro atoms. The molecule has 2 rings (SSSR count). The molecule has 1 saturated heterocycles. The van der Waals surface area contributed by atoms with Crippen LogP contribution in [0.15, 0.2) is 23.1 Å². The number of carboxylic acid groups (broad SMARTS) is 1. The zero-order chi connectivity index (χ0) is 17.4. The van der Waals surface area contributed by atoms with Crippen molar-refractivity contribution in [1.29, 1.82) is 0 Å². The second-order valence-corrected chi connectivity index (χ2v) is 7.98. The van der Waals surface area contributed by atoms with Crippen LogP contribution in [0.5, 0.6) is 0 Å². The first-order chi connectivity index (χ1) is 10.7. The number of hydrogen-bond donors (Lipinski definition) is 1. The molecule has 23 heavy (non-hydrogen) atoms. The molecule has 1 aromatic rings. The Morgan fingerprint density at radius 3 is 2.57 bits per heavy atom. The fraction of sp³-hybridized carbons (Fsp3) is 0.429. The molecule has 1 aliphatic heterocycles. The Morgan fingerprint density at radius 1 is 1.35 bits per heavy atom. The second-order valence-electron chi connectivity index (χ2n) is 5.42. The lowest BCUT2D eigenvalue weighted by Gasteiger charge is -2.22. The van der Waals surface area contributed by atoms with Crippen LogP contribution in [-0.2, 0) is 14.8 Å². The summed E-state index contributed by atoms with van der Waals surface area (Å²) in [7, 11) is -0.953. The number of hydrogen-bond acceptors (Lipinski definition) is 4. The highest BCUT2D eigenvalue weighted by molar-refractivity contribution is 7.89. The molecule has 7 nitrogen and oxygen atoms in total. The van der Waals surface area contributed by atoms with Gasteiger partial charge >= 0.3 is 5.97 Å². The molecule has 1 N–H and O–H groups in total. The van der Waals surface area contributed by atoms with Crippen LogP contribution in [0.25, 0.3) is 0 Å². The molecule has 0 saturated carbocycles. The van der Waals surface area contributed by atoms with Crippen molar-refractivity contribution >= 4 is 33.5 Å². The van der Waals surface area contributed by atoms with Gasteiger partial charge in [0.05, 0.1) is 15.5 Å².